The topological polar surface area (TPSA) is 46.2 Å². The number of aryl methyl sites for hydroxylation is 2. The van der Waals surface area contributed by atoms with Crippen molar-refractivity contribution in [3.63, 3.8) is 0 Å². The van der Waals surface area contributed by atoms with Gasteiger partial charge in [0.05, 0.1) is 11.5 Å². The van der Waals surface area contributed by atoms with Gasteiger partial charge in [-0.05, 0) is 37.3 Å². The van der Waals surface area contributed by atoms with Crippen LogP contribution in [-0.4, -0.2) is 26.0 Å². The number of fused-ring (bicyclic) bond motifs is 1. The minimum Gasteiger partial charge on any atom is -0.308 e. The molecule has 1 aromatic rings. The van der Waals surface area contributed by atoms with Crippen LogP contribution in [0.4, 0.5) is 0 Å². The molecule has 5 heteroatoms. The van der Waals surface area contributed by atoms with Crippen LogP contribution in [0.3, 0.4) is 0 Å². The van der Waals surface area contributed by atoms with Crippen molar-refractivity contribution in [1.29, 1.82) is 0 Å². The van der Waals surface area contributed by atoms with Gasteiger partial charge in [-0.3, -0.25) is 0 Å². The fourth-order valence-electron chi connectivity index (χ4n) is 2.68. The van der Waals surface area contributed by atoms with Gasteiger partial charge in [-0.1, -0.05) is 0 Å². The summed E-state index contributed by atoms with van der Waals surface area (Å²) in [6.07, 6.45) is 4.53. The maximum Gasteiger partial charge on any atom is 0.151 e. The first-order valence-electron chi connectivity index (χ1n) is 6.17. The Balaban J connectivity index is 1.57. The predicted molar refractivity (Wildman–Crippen MR) is 70.2 cm³/mol. The summed E-state index contributed by atoms with van der Waals surface area (Å²) in [5, 5.41) is 3.37. The minimum absolute atomic E-state index is 0.164. The van der Waals surface area contributed by atoms with Crippen LogP contribution in [0.25, 0.3) is 0 Å². The van der Waals surface area contributed by atoms with Crippen LogP contribution in [-0.2, 0) is 29.2 Å². The Labute approximate surface area is 106 Å². The molecule has 0 saturated carbocycles. The maximum absolute atomic E-state index is 11.3. The van der Waals surface area contributed by atoms with Crippen LogP contribution in [0.2, 0.25) is 0 Å². The molecule has 0 spiro atoms. The van der Waals surface area contributed by atoms with Gasteiger partial charge in [0, 0.05) is 22.3 Å². The summed E-state index contributed by atoms with van der Waals surface area (Å²) in [7, 11) is -2.76. The molecule has 1 N–H and O–H groups in total. The molecule has 0 bridgehead atoms. The van der Waals surface area contributed by atoms with Crippen molar-refractivity contribution < 1.29 is 8.42 Å². The Morgan fingerprint density at radius 2 is 2.29 bits per heavy atom. The quantitative estimate of drug-likeness (QED) is 0.906. The molecule has 2 heterocycles. The SMILES string of the molecule is O=S1(=O)CCC(NCc2cc3c(s2)CCC3)C1. The number of thiophene rings is 1. The number of rotatable bonds is 3. The lowest BCUT2D eigenvalue weighted by atomic mass is 10.2. The summed E-state index contributed by atoms with van der Waals surface area (Å²) >= 11 is 1.89. The second-order valence-corrected chi connectivity index (χ2v) is 8.45. The minimum atomic E-state index is -2.76. The molecule has 1 aliphatic heterocycles. The smallest absolute Gasteiger partial charge is 0.151 e. The van der Waals surface area contributed by atoms with Gasteiger partial charge in [-0.15, -0.1) is 11.3 Å². The molecule has 0 aromatic carbocycles. The fourth-order valence-corrected chi connectivity index (χ4v) is 5.60. The summed E-state index contributed by atoms with van der Waals surface area (Å²) in [5.74, 6) is 0.670. The first-order chi connectivity index (χ1) is 8.12. The van der Waals surface area contributed by atoms with Gasteiger partial charge < -0.3 is 5.32 Å². The third-order valence-corrected chi connectivity index (χ3v) is 6.60. The maximum atomic E-state index is 11.3. The number of hydrogen-bond donors (Lipinski definition) is 1. The van der Waals surface area contributed by atoms with Crippen LogP contribution in [0.1, 0.15) is 28.2 Å². The second kappa shape index (κ2) is 4.37. The monoisotopic (exact) mass is 271 g/mol. The Hall–Kier alpha value is -0.390. The van der Waals surface area contributed by atoms with Crippen LogP contribution in [0, 0.1) is 0 Å². The summed E-state index contributed by atoms with van der Waals surface area (Å²) in [6, 6.07) is 2.46. The molecule has 17 heavy (non-hydrogen) atoms. The molecule has 0 radical (unpaired) electrons. The number of nitrogens with one attached hydrogen (secondary N) is 1. The molecule has 2 aliphatic rings. The van der Waals surface area contributed by atoms with E-state index in [1.54, 1.807) is 4.88 Å². The Bertz CT molecular complexity index is 497. The van der Waals surface area contributed by atoms with E-state index in [0.717, 1.165) is 13.0 Å². The van der Waals surface area contributed by atoms with Crippen LogP contribution in [0.5, 0.6) is 0 Å². The van der Waals surface area contributed by atoms with E-state index in [4.69, 9.17) is 0 Å². The van der Waals surface area contributed by atoms with Gasteiger partial charge in [-0.25, -0.2) is 8.42 Å². The van der Waals surface area contributed by atoms with E-state index < -0.39 is 9.84 Å². The van der Waals surface area contributed by atoms with Crippen molar-refractivity contribution in [3.05, 3.63) is 21.4 Å². The van der Waals surface area contributed by atoms with E-state index in [9.17, 15) is 8.42 Å². The zero-order chi connectivity index (χ0) is 11.9. The van der Waals surface area contributed by atoms with Crippen LogP contribution >= 0.6 is 11.3 Å². The molecule has 1 unspecified atom stereocenters. The van der Waals surface area contributed by atoms with E-state index in [1.807, 2.05) is 11.3 Å². The Morgan fingerprint density at radius 1 is 1.41 bits per heavy atom. The highest BCUT2D eigenvalue weighted by Gasteiger charge is 2.27. The van der Waals surface area contributed by atoms with Crippen molar-refractivity contribution >= 4 is 21.2 Å². The van der Waals surface area contributed by atoms with Crippen molar-refractivity contribution in [3.8, 4) is 0 Å². The van der Waals surface area contributed by atoms with Crippen molar-refractivity contribution in [2.24, 2.45) is 0 Å². The molecular formula is C12H17NO2S2. The van der Waals surface area contributed by atoms with Crippen molar-refractivity contribution in [1.82, 2.24) is 5.32 Å². The lowest BCUT2D eigenvalue weighted by Gasteiger charge is -2.08. The normalized spacial score (nSPS) is 26.2. The zero-order valence-corrected chi connectivity index (χ0v) is 11.4. The molecule has 94 valence electrons. The largest absolute Gasteiger partial charge is 0.308 e. The molecule has 3 rings (SSSR count). The van der Waals surface area contributed by atoms with Gasteiger partial charge in [0.2, 0.25) is 0 Å². The Kier molecular flexibility index (Phi) is 3.00. The van der Waals surface area contributed by atoms with Gasteiger partial charge in [0.15, 0.2) is 9.84 Å². The van der Waals surface area contributed by atoms with Crippen LogP contribution in [0.15, 0.2) is 6.07 Å². The van der Waals surface area contributed by atoms with E-state index in [1.165, 1.54) is 29.7 Å². The molecule has 1 aromatic heterocycles. The summed E-state index contributed by atoms with van der Waals surface area (Å²) in [4.78, 5) is 2.90. The third-order valence-electron chi connectivity index (χ3n) is 3.60. The Morgan fingerprint density at radius 3 is 3.00 bits per heavy atom. The second-order valence-electron chi connectivity index (χ2n) is 5.00. The summed E-state index contributed by atoms with van der Waals surface area (Å²) in [5.41, 5.74) is 1.52. The van der Waals surface area contributed by atoms with Crippen molar-refractivity contribution in [2.45, 2.75) is 38.3 Å². The zero-order valence-electron chi connectivity index (χ0n) is 9.74. The van der Waals surface area contributed by atoms with E-state index in [-0.39, 0.29) is 6.04 Å². The molecule has 0 amide bonds. The number of hydrogen-bond acceptors (Lipinski definition) is 4. The average Bonchev–Trinajstić information content (AvgIpc) is 2.88. The molecule has 1 atom stereocenters. The van der Waals surface area contributed by atoms with E-state index >= 15 is 0 Å². The molecule has 1 fully saturated rings. The van der Waals surface area contributed by atoms with Gasteiger partial charge in [0.1, 0.15) is 0 Å². The van der Waals surface area contributed by atoms with E-state index in [2.05, 4.69) is 11.4 Å². The first-order valence-corrected chi connectivity index (χ1v) is 8.80. The van der Waals surface area contributed by atoms with Gasteiger partial charge in [-0.2, -0.15) is 0 Å². The summed E-state index contributed by atoms with van der Waals surface area (Å²) < 4.78 is 22.7. The van der Waals surface area contributed by atoms with Gasteiger partial charge in [0.25, 0.3) is 0 Å². The molecule has 1 saturated heterocycles. The molecule has 1 aliphatic carbocycles. The lowest BCUT2D eigenvalue weighted by Crippen LogP contribution is -2.29. The van der Waals surface area contributed by atoms with Crippen molar-refractivity contribution in [2.75, 3.05) is 11.5 Å². The fraction of sp³-hybridized carbons (Fsp3) is 0.667. The highest BCUT2D eigenvalue weighted by Crippen LogP contribution is 2.30. The highest BCUT2D eigenvalue weighted by atomic mass is 32.2. The first kappa shape index (κ1) is 11.7. The lowest BCUT2D eigenvalue weighted by molar-refractivity contribution is 0.557. The van der Waals surface area contributed by atoms with E-state index in [0.29, 0.717) is 11.5 Å². The predicted octanol–water partition coefficient (Wildman–Crippen LogP) is 1.51. The highest BCUT2D eigenvalue weighted by molar-refractivity contribution is 7.91. The standard InChI is InChI=1S/C12H17NO2S2/c14-17(15)5-4-10(8-17)13-7-11-6-9-2-1-3-12(9)16-11/h6,10,13H,1-5,7-8H2. The van der Waals surface area contributed by atoms with Gasteiger partial charge >= 0.3 is 0 Å². The third kappa shape index (κ3) is 2.56. The summed E-state index contributed by atoms with van der Waals surface area (Å²) in [6.45, 7) is 0.831. The van der Waals surface area contributed by atoms with Crippen LogP contribution < -0.4 is 5.32 Å². The number of sulfone groups is 1. The average molecular weight is 271 g/mol. The molecule has 3 nitrogen and oxygen atoms in total. The molecular weight excluding hydrogens is 254 g/mol.